The summed E-state index contributed by atoms with van der Waals surface area (Å²) in [4.78, 5) is 10.8. The second-order valence-electron chi connectivity index (χ2n) is 3.58. The average Bonchev–Trinajstić information content (AvgIpc) is 2.38. The first-order valence-electron chi connectivity index (χ1n) is 5.60. The molecule has 0 saturated heterocycles. The highest BCUT2D eigenvalue weighted by molar-refractivity contribution is 8.13. The van der Waals surface area contributed by atoms with Crippen LogP contribution in [0.15, 0.2) is 28.4 Å². The fraction of sp³-hybridized carbons (Fsp3) is 0.250. The summed E-state index contributed by atoms with van der Waals surface area (Å²) < 4.78 is 0. The minimum atomic E-state index is -1.20. The lowest BCUT2D eigenvalue weighted by Gasteiger charge is -2.01. The quantitative estimate of drug-likeness (QED) is 0.400. The Morgan fingerprint density at radius 1 is 1.43 bits per heavy atom. The second kappa shape index (κ2) is 10.7. The highest BCUT2D eigenvalue weighted by Crippen LogP contribution is 2.20. The van der Waals surface area contributed by atoms with E-state index >= 15 is 0 Å². The van der Waals surface area contributed by atoms with Crippen molar-refractivity contribution in [2.24, 2.45) is 15.9 Å². The van der Waals surface area contributed by atoms with Crippen LogP contribution in [0, 0.1) is 0 Å². The second-order valence-corrected chi connectivity index (χ2v) is 4.70. The first-order chi connectivity index (χ1) is 9.06. The van der Waals surface area contributed by atoms with Crippen LogP contribution in [0.2, 0.25) is 0 Å². The number of nitrogens with zero attached hydrogens (tertiary/aromatic N) is 2. The van der Waals surface area contributed by atoms with E-state index in [0.717, 1.165) is 12.2 Å². The molecule has 0 amide bonds. The van der Waals surface area contributed by atoms with Gasteiger partial charge in [-0.15, -0.1) is 5.10 Å². The van der Waals surface area contributed by atoms with Gasteiger partial charge in [-0.1, -0.05) is 24.8 Å². The number of aromatic carboxylic acids is 1. The van der Waals surface area contributed by atoms with Gasteiger partial charge in [-0.05, 0) is 18.6 Å². The number of para-hydroxylation sites is 1. The van der Waals surface area contributed by atoms with Gasteiger partial charge in [0.2, 0.25) is 0 Å². The highest BCUT2D eigenvalue weighted by atomic mass is 32.2. The number of rotatable bonds is 5. The summed E-state index contributed by atoms with van der Waals surface area (Å²) in [7, 11) is 0. The number of carboxylic acid groups (broad SMARTS) is 1. The zero-order valence-corrected chi connectivity index (χ0v) is 12.2. The Kier molecular flexibility index (Phi) is 10.8. The third-order valence-corrected chi connectivity index (χ3v) is 3.09. The Morgan fingerprint density at radius 3 is 2.67 bits per heavy atom. The van der Waals surface area contributed by atoms with E-state index < -0.39 is 5.97 Å². The van der Waals surface area contributed by atoms with Crippen molar-refractivity contribution < 1.29 is 26.0 Å². The van der Waals surface area contributed by atoms with Gasteiger partial charge in [0.15, 0.2) is 5.17 Å². The summed E-state index contributed by atoms with van der Waals surface area (Å²) in [6.07, 6.45) is 2.24. The minimum Gasteiger partial charge on any atom is -0.506 e. The molecule has 0 aliphatic carbocycles. The molecule has 0 heterocycles. The van der Waals surface area contributed by atoms with Gasteiger partial charge in [0.1, 0.15) is 11.3 Å². The van der Waals surface area contributed by atoms with Crippen molar-refractivity contribution in [3.05, 3.63) is 29.3 Å². The lowest BCUT2D eigenvalue weighted by Crippen LogP contribution is -2.06. The van der Waals surface area contributed by atoms with Crippen LogP contribution in [0.3, 0.4) is 0 Å². The van der Waals surface area contributed by atoms with Crippen LogP contribution in [-0.2, 0) is 0 Å². The molecule has 0 fully saturated rings. The number of carbonyl (C=O) groups is 1. The van der Waals surface area contributed by atoms with Crippen molar-refractivity contribution in [3.63, 3.8) is 0 Å². The maximum absolute atomic E-state index is 10.8. The molecule has 8 nitrogen and oxygen atoms in total. The first-order valence-corrected chi connectivity index (χ1v) is 6.59. The molecule has 0 spiro atoms. The summed E-state index contributed by atoms with van der Waals surface area (Å²) in [6.45, 7) is 2.03. The predicted molar refractivity (Wildman–Crippen MR) is 84.3 cm³/mol. The van der Waals surface area contributed by atoms with Crippen molar-refractivity contribution in [2.75, 3.05) is 5.75 Å². The van der Waals surface area contributed by atoms with Gasteiger partial charge in [0.05, 0.1) is 6.21 Å². The molecule has 0 bridgehead atoms. The van der Waals surface area contributed by atoms with Crippen molar-refractivity contribution in [1.29, 1.82) is 0 Å². The average molecular weight is 317 g/mol. The van der Waals surface area contributed by atoms with E-state index in [1.54, 1.807) is 0 Å². The molecular weight excluding hydrogens is 298 g/mol. The normalized spacial score (nSPS) is 10.8. The van der Waals surface area contributed by atoms with Gasteiger partial charge in [-0.3, -0.25) is 0 Å². The molecule has 8 N–H and O–H groups in total. The molecule has 0 unspecified atom stereocenters. The van der Waals surface area contributed by atoms with Gasteiger partial charge in [0, 0.05) is 11.3 Å². The van der Waals surface area contributed by atoms with E-state index in [0.29, 0.717) is 5.17 Å². The van der Waals surface area contributed by atoms with Crippen LogP contribution in [0.25, 0.3) is 0 Å². The van der Waals surface area contributed by atoms with Crippen LogP contribution in [-0.4, -0.2) is 44.3 Å². The van der Waals surface area contributed by atoms with Crippen LogP contribution >= 0.6 is 11.8 Å². The van der Waals surface area contributed by atoms with Crippen molar-refractivity contribution in [1.82, 2.24) is 0 Å². The van der Waals surface area contributed by atoms with E-state index in [2.05, 4.69) is 10.2 Å². The van der Waals surface area contributed by atoms with Gasteiger partial charge < -0.3 is 26.9 Å². The van der Waals surface area contributed by atoms with Crippen LogP contribution in [0.5, 0.6) is 5.75 Å². The Morgan fingerprint density at radius 2 is 2.10 bits per heavy atom. The number of hydrogen-bond donors (Lipinski definition) is 3. The molecule has 9 heteroatoms. The number of nitrogens with two attached hydrogens (primary N) is 1. The summed E-state index contributed by atoms with van der Waals surface area (Å²) in [6, 6.07) is 4.36. The van der Waals surface area contributed by atoms with Crippen molar-refractivity contribution in [3.8, 4) is 5.75 Å². The highest BCUT2D eigenvalue weighted by Gasteiger charge is 2.11. The molecule has 21 heavy (non-hydrogen) atoms. The number of thioether (sulfide) groups is 1. The molecule has 0 saturated carbocycles. The Bertz CT molecular complexity index is 520. The lowest BCUT2D eigenvalue weighted by molar-refractivity contribution is 0.0693. The van der Waals surface area contributed by atoms with Crippen molar-refractivity contribution >= 4 is 29.1 Å². The first kappa shape index (κ1) is 21.2. The van der Waals surface area contributed by atoms with Gasteiger partial charge in [-0.2, -0.15) is 5.10 Å². The Labute approximate surface area is 126 Å². The van der Waals surface area contributed by atoms with Crippen molar-refractivity contribution in [2.45, 2.75) is 13.3 Å². The number of aromatic hydroxyl groups is 1. The molecule has 0 aliphatic heterocycles. The van der Waals surface area contributed by atoms with E-state index in [4.69, 9.17) is 10.8 Å². The summed E-state index contributed by atoms with van der Waals surface area (Å²) in [5, 5.41) is 26.3. The van der Waals surface area contributed by atoms with Gasteiger partial charge in [0.25, 0.3) is 0 Å². The number of hydrogen-bond acceptors (Lipinski definition) is 5. The fourth-order valence-corrected chi connectivity index (χ4v) is 1.74. The van der Waals surface area contributed by atoms with Crippen LogP contribution < -0.4 is 5.73 Å². The maximum atomic E-state index is 10.8. The zero-order chi connectivity index (χ0) is 14.3. The number of benzene rings is 1. The zero-order valence-electron chi connectivity index (χ0n) is 11.4. The van der Waals surface area contributed by atoms with E-state index in [1.807, 2.05) is 6.92 Å². The largest absolute Gasteiger partial charge is 0.506 e. The Hall–Kier alpha value is -2.10. The molecule has 0 aromatic heterocycles. The molecular formula is C12H19N3O5S. The standard InChI is InChI=1S/C12H15N3O3S.2H2O/c1-2-6-19-12(13)15-14-7-8-4-3-5-9(10(8)16)11(17)18;;/h3-5,7,16H,2,6H2,1H3,(H2,13,15)(H,17,18);2*1H2/b14-7+;;. The number of phenols is 1. The molecule has 1 rings (SSSR count). The van der Waals surface area contributed by atoms with E-state index in [9.17, 15) is 9.90 Å². The maximum Gasteiger partial charge on any atom is 0.339 e. The third kappa shape index (κ3) is 6.75. The summed E-state index contributed by atoms with van der Waals surface area (Å²) >= 11 is 1.38. The Balaban J connectivity index is 0. The molecule has 0 atom stereocenters. The van der Waals surface area contributed by atoms with E-state index in [1.165, 1.54) is 36.2 Å². The third-order valence-electron chi connectivity index (χ3n) is 2.10. The monoisotopic (exact) mass is 317 g/mol. The number of carboxylic acids is 1. The lowest BCUT2D eigenvalue weighted by atomic mass is 10.1. The summed E-state index contributed by atoms with van der Waals surface area (Å²) in [5.41, 5.74) is 5.68. The summed E-state index contributed by atoms with van der Waals surface area (Å²) in [5.74, 6) is -0.687. The molecule has 0 aliphatic rings. The molecule has 1 aromatic carbocycles. The topological polar surface area (TPSA) is 171 Å². The number of amidine groups is 1. The SMILES string of the molecule is CCCS/C(N)=N/N=C/c1cccc(C(=O)O)c1O.O.O. The van der Waals surface area contributed by atoms with Gasteiger partial charge in [-0.25, -0.2) is 4.79 Å². The minimum absolute atomic E-state index is 0. The van der Waals surface area contributed by atoms with Gasteiger partial charge >= 0.3 is 5.97 Å². The smallest absolute Gasteiger partial charge is 0.339 e. The van der Waals surface area contributed by atoms with Crippen LogP contribution in [0.1, 0.15) is 29.3 Å². The fourth-order valence-electron chi connectivity index (χ4n) is 1.22. The predicted octanol–water partition coefficient (Wildman–Crippen LogP) is 0.233. The van der Waals surface area contributed by atoms with E-state index in [-0.39, 0.29) is 27.8 Å². The molecule has 0 radical (unpaired) electrons. The molecule has 118 valence electrons. The van der Waals surface area contributed by atoms with Crippen LogP contribution in [0.4, 0.5) is 0 Å². The molecule has 1 aromatic rings.